The van der Waals surface area contributed by atoms with E-state index in [0.29, 0.717) is 23.5 Å². The van der Waals surface area contributed by atoms with Crippen molar-refractivity contribution < 1.29 is 9.90 Å². The lowest BCUT2D eigenvalue weighted by Crippen LogP contribution is -2.64. The second-order valence-corrected chi connectivity index (χ2v) is 8.24. The number of hydrogen-bond acceptors (Lipinski definition) is 5. The Morgan fingerprint density at radius 3 is 3.00 bits per heavy atom. The molecule has 3 aliphatic rings. The number of pyridine rings is 1. The molecular formula is C19H26ClN3O2. The lowest BCUT2D eigenvalue weighted by atomic mass is 9.81. The summed E-state index contributed by atoms with van der Waals surface area (Å²) in [7, 11) is 0. The molecule has 4 heterocycles. The molecule has 0 radical (unpaired) electrons. The lowest BCUT2D eigenvalue weighted by molar-refractivity contribution is -0.137. The van der Waals surface area contributed by atoms with Gasteiger partial charge in [-0.1, -0.05) is 11.6 Å². The molecule has 0 spiro atoms. The summed E-state index contributed by atoms with van der Waals surface area (Å²) in [6.07, 6.45) is 6.85. The lowest BCUT2D eigenvalue weighted by Gasteiger charge is -2.51. The number of carbonyl (C=O) groups excluding carboxylic acids is 1. The van der Waals surface area contributed by atoms with Crippen molar-refractivity contribution >= 4 is 23.2 Å². The number of fused-ring (bicyclic) bond motifs is 2. The summed E-state index contributed by atoms with van der Waals surface area (Å²) in [5.41, 5.74) is -0.468. The van der Waals surface area contributed by atoms with E-state index in [1.165, 1.54) is 0 Å². The molecule has 1 aromatic rings. The largest absolute Gasteiger partial charge is 0.393 e. The molecular weight excluding hydrogens is 338 g/mol. The van der Waals surface area contributed by atoms with Crippen LogP contribution in [0.2, 0.25) is 5.02 Å². The van der Waals surface area contributed by atoms with Gasteiger partial charge in [0.05, 0.1) is 16.7 Å². The number of aromatic nitrogens is 1. The highest BCUT2D eigenvalue weighted by atomic mass is 35.5. The van der Waals surface area contributed by atoms with E-state index in [2.05, 4.69) is 14.8 Å². The van der Waals surface area contributed by atoms with E-state index >= 15 is 0 Å². The Morgan fingerprint density at radius 2 is 2.24 bits per heavy atom. The monoisotopic (exact) mass is 363 g/mol. The van der Waals surface area contributed by atoms with Crippen LogP contribution in [0.4, 0.5) is 5.82 Å². The molecule has 3 aliphatic heterocycles. The highest BCUT2D eigenvalue weighted by molar-refractivity contribution is 6.32. The maximum Gasteiger partial charge on any atom is 0.150 e. The average Bonchev–Trinajstić information content (AvgIpc) is 2.85. The van der Waals surface area contributed by atoms with E-state index in [4.69, 9.17) is 11.6 Å². The minimum absolute atomic E-state index is 0.210. The van der Waals surface area contributed by atoms with Gasteiger partial charge in [-0.25, -0.2) is 4.98 Å². The predicted octanol–water partition coefficient (Wildman–Crippen LogP) is 2.65. The maximum atomic E-state index is 12.6. The predicted molar refractivity (Wildman–Crippen MR) is 98.0 cm³/mol. The van der Waals surface area contributed by atoms with E-state index in [-0.39, 0.29) is 11.9 Å². The Hall–Kier alpha value is -1.17. The molecule has 25 heavy (non-hydrogen) atoms. The smallest absolute Gasteiger partial charge is 0.150 e. The van der Waals surface area contributed by atoms with Crippen LogP contribution in [0, 0.1) is 0 Å². The molecule has 2 bridgehead atoms. The number of Topliss-reactive ketones (excluding diaryl/α,β-unsaturated/α-hetero) is 1. The molecule has 4 atom stereocenters. The van der Waals surface area contributed by atoms with Crippen LogP contribution in [0.3, 0.4) is 0 Å². The number of anilines is 1. The fraction of sp³-hybridized carbons (Fsp3) is 0.684. The first-order chi connectivity index (χ1) is 12.0. The molecule has 4 unspecified atom stereocenters. The molecule has 1 aromatic heterocycles. The van der Waals surface area contributed by atoms with Crippen LogP contribution in [-0.2, 0) is 4.79 Å². The SMILES string of the molecule is CC(=O)C12CCC(CC(O)C1)N2C1CCCN(c2ncccc2Cl)C1. The normalized spacial score (nSPS) is 35.8. The van der Waals surface area contributed by atoms with Gasteiger partial charge in [-0.3, -0.25) is 9.69 Å². The Kier molecular flexibility index (Phi) is 4.50. The maximum absolute atomic E-state index is 12.6. The highest BCUT2D eigenvalue weighted by Crippen LogP contribution is 2.47. The molecule has 4 rings (SSSR count). The van der Waals surface area contributed by atoms with Gasteiger partial charge in [0.1, 0.15) is 11.6 Å². The Labute approximate surface area is 154 Å². The fourth-order valence-electron chi connectivity index (χ4n) is 5.38. The van der Waals surface area contributed by atoms with Gasteiger partial charge in [-0.05, 0) is 57.6 Å². The number of aliphatic hydroxyl groups is 1. The van der Waals surface area contributed by atoms with Crippen molar-refractivity contribution in [3.63, 3.8) is 0 Å². The molecule has 6 heteroatoms. The summed E-state index contributed by atoms with van der Waals surface area (Å²) in [6, 6.07) is 4.36. The Bertz CT molecular complexity index is 670. The van der Waals surface area contributed by atoms with E-state index in [9.17, 15) is 9.90 Å². The van der Waals surface area contributed by atoms with Crippen LogP contribution in [0.15, 0.2) is 18.3 Å². The number of nitrogens with zero attached hydrogens (tertiary/aromatic N) is 3. The number of aliphatic hydroxyl groups excluding tert-OH is 1. The van der Waals surface area contributed by atoms with Crippen molar-refractivity contribution in [1.82, 2.24) is 9.88 Å². The number of hydrogen-bond donors (Lipinski definition) is 1. The fourth-order valence-corrected chi connectivity index (χ4v) is 5.62. The third-order valence-corrected chi connectivity index (χ3v) is 6.68. The summed E-state index contributed by atoms with van der Waals surface area (Å²) in [4.78, 5) is 21.8. The highest BCUT2D eigenvalue weighted by Gasteiger charge is 2.56. The molecule has 3 saturated heterocycles. The first-order valence-corrected chi connectivity index (χ1v) is 9.72. The van der Waals surface area contributed by atoms with Gasteiger partial charge in [0.2, 0.25) is 0 Å². The zero-order valence-corrected chi connectivity index (χ0v) is 15.5. The average molecular weight is 364 g/mol. The summed E-state index contributed by atoms with van der Waals surface area (Å²) >= 11 is 6.35. The Balaban J connectivity index is 1.61. The van der Waals surface area contributed by atoms with E-state index < -0.39 is 5.54 Å². The van der Waals surface area contributed by atoms with Crippen molar-refractivity contribution in [1.29, 1.82) is 0 Å². The number of ketones is 1. The van der Waals surface area contributed by atoms with E-state index in [1.807, 2.05) is 12.1 Å². The molecule has 0 aliphatic carbocycles. The summed E-state index contributed by atoms with van der Waals surface area (Å²) in [6.45, 7) is 3.49. The van der Waals surface area contributed by atoms with Crippen LogP contribution in [0.5, 0.6) is 0 Å². The van der Waals surface area contributed by atoms with Gasteiger partial charge in [0, 0.05) is 31.4 Å². The summed E-state index contributed by atoms with van der Waals surface area (Å²) < 4.78 is 0. The van der Waals surface area contributed by atoms with Gasteiger partial charge < -0.3 is 10.0 Å². The van der Waals surface area contributed by atoms with Crippen molar-refractivity contribution in [2.45, 2.75) is 69.2 Å². The third kappa shape index (κ3) is 2.86. The van der Waals surface area contributed by atoms with E-state index in [0.717, 1.165) is 51.0 Å². The van der Waals surface area contributed by atoms with Gasteiger partial charge in [-0.2, -0.15) is 0 Å². The summed E-state index contributed by atoms with van der Waals surface area (Å²) in [5.74, 6) is 1.05. The minimum Gasteiger partial charge on any atom is -0.393 e. The third-order valence-electron chi connectivity index (χ3n) is 6.38. The van der Waals surface area contributed by atoms with E-state index in [1.54, 1.807) is 13.1 Å². The Morgan fingerprint density at radius 1 is 1.40 bits per heavy atom. The minimum atomic E-state index is -0.468. The summed E-state index contributed by atoms with van der Waals surface area (Å²) in [5, 5.41) is 11.0. The number of piperidine rings is 2. The molecule has 3 fully saturated rings. The number of halogens is 1. The molecule has 1 N–H and O–H groups in total. The van der Waals surface area contributed by atoms with Crippen LogP contribution < -0.4 is 4.90 Å². The quantitative estimate of drug-likeness (QED) is 0.894. The molecule has 0 aromatic carbocycles. The van der Waals surface area contributed by atoms with Crippen molar-refractivity contribution in [3.8, 4) is 0 Å². The van der Waals surface area contributed by atoms with Crippen molar-refractivity contribution in [2.24, 2.45) is 0 Å². The van der Waals surface area contributed by atoms with Gasteiger partial charge in [-0.15, -0.1) is 0 Å². The first kappa shape index (κ1) is 17.3. The topological polar surface area (TPSA) is 56.7 Å². The second kappa shape index (κ2) is 6.53. The van der Waals surface area contributed by atoms with Crippen LogP contribution in [-0.4, -0.2) is 57.6 Å². The number of rotatable bonds is 3. The van der Waals surface area contributed by atoms with Gasteiger partial charge in [0.25, 0.3) is 0 Å². The van der Waals surface area contributed by atoms with Crippen LogP contribution in [0.25, 0.3) is 0 Å². The second-order valence-electron chi connectivity index (χ2n) is 7.83. The first-order valence-electron chi connectivity index (χ1n) is 9.34. The van der Waals surface area contributed by atoms with Gasteiger partial charge >= 0.3 is 0 Å². The zero-order valence-electron chi connectivity index (χ0n) is 14.7. The molecule has 0 saturated carbocycles. The molecule has 5 nitrogen and oxygen atoms in total. The van der Waals surface area contributed by atoms with Crippen LogP contribution in [0.1, 0.15) is 45.4 Å². The van der Waals surface area contributed by atoms with Crippen molar-refractivity contribution in [2.75, 3.05) is 18.0 Å². The zero-order chi connectivity index (χ0) is 17.6. The number of carbonyl (C=O) groups is 1. The molecule has 136 valence electrons. The standard InChI is InChI=1S/C19H26ClN3O2/c1-13(24)19-7-6-14(10-16(25)11-19)23(19)15-4-3-9-22(12-15)18-17(20)5-2-8-21-18/h2,5,8,14-16,25H,3-4,6-7,9-12H2,1H3. The van der Waals surface area contributed by atoms with Crippen LogP contribution >= 0.6 is 11.6 Å². The van der Waals surface area contributed by atoms with Crippen molar-refractivity contribution in [3.05, 3.63) is 23.4 Å². The molecule has 0 amide bonds. The van der Waals surface area contributed by atoms with Gasteiger partial charge in [0.15, 0.2) is 0 Å².